The molecule has 0 bridgehead atoms. The van der Waals surface area contributed by atoms with Crippen LogP contribution < -0.4 is 5.73 Å². The Morgan fingerprint density at radius 1 is 1.35 bits per heavy atom. The fourth-order valence-electron chi connectivity index (χ4n) is 1.96. The summed E-state index contributed by atoms with van der Waals surface area (Å²) < 4.78 is 26.0. The lowest BCUT2D eigenvalue weighted by Gasteiger charge is -2.17. The van der Waals surface area contributed by atoms with Crippen molar-refractivity contribution in [2.45, 2.75) is 24.3 Å². The Balaban J connectivity index is 0.00000144. The minimum atomic E-state index is -3.35. The first-order valence-corrected chi connectivity index (χ1v) is 6.77. The first-order valence-electron chi connectivity index (χ1n) is 5.33. The highest BCUT2D eigenvalue weighted by atomic mass is 35.5. The van der Waals surface area contributed by atoms with Gasteiger partial charge in [0.05, 0.1) is 4.90 Å². The van der Waals surface area contributed by atoms with E-state index in [1.54, 1.807) is 12.1 Å². The van der Waals surface area contributed by atoms with E-state index in [0.717, 1.165) is 12.0 Å². The number of hydrogen-bond acceptors (Lipinski definition) is 3. The van der Waals surface area contributed by atoms with E-state index >= 15 is 0 Å². The van der Waals surface area contributed by atoms with Gasteiger partial charge in [-0.2, -0.15) is 4.31 Å². The van der Waals surface area contributed by atoms with Crippen LogP contribution in [0.25, 0.3) is 0 Å². The number of rotatable bonds is 2. The molecule has 1 aliphatic heterocycles. The van der Waals surface area contributed by atoms with Crippen molar-refractivity contribution in [3.63, 3.8) is 0 Å². The lowest BCUT2D eigenvalue weighted by Crippen LogP contribution is -2.32. The molecule has 1 fully saturated rings. The van der Waals surface area contributed by atoms with E-state index in [0.29, 0.717) is 18.0 Å². The highest BCUT2D eigenvalue weighted by Gasteiger charge is 2.31. The Labute approximate surface area is 108 Å². The van der Waals surface area contributed by atoms with Crippen molar-refractivity contribution in [1.29, 1.82) is 0 Å². The standard InChI is InChI=1S/C11H16N2O2S.ClH/c1-9-4-2-3-5-11(9)16(14,15)13-7-6-10(12)8-13;/h2-5,10H,6-8,12H2,1H3;1H/t10-;/m0./s1. The monoisotopic (exact) mass is 276 g/mol. The van der Waals surface area contributed by atoms with Gasteiger partial charge in [-0.25, -0.2) is 8.42 Å². The number of hydrogen-bond donors (Lipinski definition) is 1. The molecule has 96 valence electrons. The van der Waals surface area contributed by atoms with Crippen LogP contribution in [0.3, 0.4) is 0 Å². The molecular formula is C11H17ClN2O2S. The van der Waals surface area contributed by atoms with Crippen LogP contribution in [0.1, 0.15) is 12.0 Å². The zero-order valence-corrected chi connectivity index (χ0v) is 11.3. The summed E-state index contributed by atoms with van der Waals surface area (Å²) in [4.78, 5) is 0.393. The Hall–Kier alpha value is -0.620. The van der Waals surface area contributed by atoms with Crippen molar-refractivity contribution in [2.24, 2.45) is 5.73 Å². The molecule has 2 rings (SSSR count). The van der Waals surface area contributed by atoms with E-state index in [4.69, 9.17) is 5.73 Å². The maximum Gasteiger partial charge on any atom is 0.243 e. The van der Waals surface area contributed by atoms with E-state index in [2.05, 4.69) is 0 Å². The summed E-state index contributed by atoms with van der Waals surface area (Å²) in [6.07, 6.45) is 0.741. The average molecular weight is 277 g/mol. The summed E-state index contributed by atoms with van der Waals surface area (Å²) in [5.41, 5.74) is 6.51. The van der Waals surface area contributed by atoms with Crippen molar-refractivity contribution >= 4 is 22.4 Å². The van der Waals surface area contributed by atoms with Crippen LogP contribution in [0.15, 0.2) is 29.2 Å². The molecule has 2 N–H and O–H groups in total. The zero-order valence-electron chi connectivity index (χ0n) is 9.67. The first kappa shape index (κ1) is 14.4. The van der Waals surface area contributed by atoms with Gasteiger partial charge in [0.25, 0.3) is 0 Å². The minimum Gasteiger partial charge on any atom is -0.326 e. The van der Waals surface area contributed by atoms with Crippen LogP contribution in [0.5, 0.6) is 0 Å². The molecule has 0 radical (unpaired) electrons. The largest absolute Gasteiger partial charge is 0.326 e. The molecule has 1 aromatic carbocycles. The molecule has 6 heteroatoms. The molecular weight excluding hydrogens is 260 g/mol. The molecule has 0 amide bonds. The summed E-state index contributed by atoms with van der Waals surface area (Å²) in [7, 11) is -3.35. The van der Waals surface area contributed by atoms with Gasteiger partial charge in [0.1, 0.15) is 0 Å². The number of aryl methyl sites for hydroxylation is 1. The summed E-state index contributed by atoms with van der Waals surface area (Å²) in [5, 5.41) is 0. The third-order valence-corrected chi connectivity index (χ3v) is 4.92. The van der Waals surface area contributed by atoms with Crippen LogP contribution >= 0.6 is 12.4 Å². The van der Waals surface area contributed by atoms with Crippen LogP contribution in [0.4, 0.5) is 0 Å². The van der Waals surface area contributed by atoms with Crippen LogP contribution in [-0.4, -0.2) is 31.9 Å². The topological polar surface area (TPSA) is 63.4 Å². The number of benzene rings is 1. The second kappa shape index (κ2) is 5.35. The van der Waals surface area contributed by atoms with Crippen molar-refractivity contribution in [2.75, 3.05) is 13.1 Å². The summed E-state index contributed by atoms with van der Waals surface area (Å²) in [6.45, 7) is 2.76. The molecule has 1 heterocycles. The van der Waals surface area contributed by atoms with Gasteiger partial charge in [-0.15, -0.1) is 12.4 Å². The highest BCUT2D eigenvalue weighted by molar-refractivity contribution is 7.89. The van der Waals surface area contributed by atoms with Crippen LogP contribution in [0.2, 0.25) is 0 Å². The third-order valence-electron chi connectivity index (χ3n) is 2.90. The van der Waals surface area contributed by atoms with Gasteiger partial charge in [-0.3, -0.25) is 0 Å². The third kappa shape index (κ3) is 2.80. The number of nitrogens with zero attached hydrogens (tertiary/aromatic N) is 1. The van der Waals surface area contributed by atoms with Gasteiger partial charge < -0.3 is 5.73 Å². The van der Waals surface area contributed by atoms with Gasteiger partial charge in [-0.05, 0) is 25.0 Å². The molecule has 0 aromatic heterocycles. The van der Waals surface area contributed by atoms with Crippen molar-refractivity contribution in [1.82, 2.24) is 4.31 Å². The van der Waals surface area contributed by atoms with Crippen molar-refractivity contribution in [3.8, 4) is 0 Å². The molecule has 0 aliphatic carbocycles. The quantitative estimate of drug-likeness (QED) is 0.881. The molecule has 4 nitrogen and oxygen atoms in total. The maximum absolute atomic E-state index is 12.3. The SMILES string of the molecule is Cc1ccccc1S(=O)(=O)N1CC[C@H](N)C1.Cl. The van der Waals surface area contributed by atoms with Crippen molar-refractivity contribution < 1.29 is 8.42 Å². The van der Waals surface area contributed by atoms with E-state index in [1.807, 2.05) is 19.1 Å². The Kier molecular flexibility index (Phi) is 4.55. The molecule has 1 aromatic rings. The summed E-state index contributed by atoms with van der Waals surface area (Å²) >= 11 is 0. The molecule has 0 spiro atoms. The van der Waals surface area contributed by atoms with Crippen LogP contribution in [0, 0.1) is 6.92 Å². The first-order chi connectivity index (χ1) is 7.51. The molecule has 1 atom stereocenters. The minimum absolute atomic E-state index is 0. The van der Waals surface area contributed by atoms with E-state index in [1.165, 1.54) is 4.31 Å². The van der Waals surface area contributed by atoms with E-state index < -0.39 is 10.0 Å². The number of halogens is 1. The fourth-order valence-corrected chi connectivity index (χ4v) is 3.69. The van der Waals surface area contributed by atoms with Gasteiger partial charge >= 0.3 is 0 Å². The molecule has 1 aliphatic rings. The van der Waals surface area contributed by atoms with E-state index in [9.17, 15) is 8.42 Å². The predicted molar refractivity (Wildman–Crippen MR) is 69.8 cm³/mol. The predicted octanol–water partition coefficient (Wildman–Crippen LogP) is 1.14. The Morgan fingerprint density at radius 2 is 2.00 bits per heavy atom. The van der Waals surface area contributed by atoms with Crippen LogP contribution in [-0.2, 0) is 10.0 Å². The second-order valence-electron chi connectivity index (χ2n) is 4.18. The number of nitrogens with two attached hydrogens (primary N) is 1. The molecule has 17 heavy (non-hydrogen) atoms. The smallest absolute Gasteiger partial charge is 0.243 e. The summed E-state index contributed by atoms with van der Waals surface area (Å²) in [6, 6.07) is 7.01. The van der Waals surface area contributed by atoms with Gasteiger partial charge in [-0.1, -0.05) is 18.2 Å². The fraction of sp³-hybridized carbons (Fsp3) is 0.455. The highest BCUT2D eigenvalue weighted by Crippen LogP contribution is 2.22. The van der Waals surface area contributed by atoms with Gasteiger partial charge in [0.15, 0.2) is 0 Å². The Morgan fingerprint density at radius 3 is 2.53 bits per heavy atom. The molecule has 0 unspecified atom stereocenters. The molecule has 0 saturated carbocycles. The normalized spacial score (nSPS) is 21.2. The van der Waals surface area contributed by atoms with Gasteiger partial charge in [0.2, 0.25) is 10.0 Å². The average Bonchev–Trinajstić information content (AvgIpc) is 2.66. The Bertz CT molecular complexity index is 490. The van der Waals surface area contributed by atoms with Crippen molar-refractivity contribution in [3.05, 3.63) is 29.8 Å². The maximum atomic E-state index is 12.3. The van der Waals surface area contributed by atoms with E-state index in [-0.39, 0.29) is 18.4 Å². The second-order valence-corrected chi connectivity index (χ2v) is 6.08. The lowest BCUT2D eigenvalue weighted by molar-refractivity contribution is 0.472. The number of sulfonamides is 1. The summed E-state index contributed by atoms with van der Waals surface area (Å²) in [5.74, 6) is 0. The van der Waals surface area contributed by atoms with Gasteiger partial charge in [0, 0.05) is 19.1 Å². The lowest BCUT2D eigenvalue weighted by atomic mass is 10.2. The zero-order chi connectivity index (χ0) is 11.8. The molecule has 1 saturated heterocycles.